The van der Waals surface area contributed by atoms with E-state index in [2.05, 4.69) is 9.62 Å². The standard InChI is InChI=1S/C23H31F3N4O3S/c1-4-27-34(32,33)18-6-5-17(15-16(18)2)21(31)29-11-9-22(10-12-29)19-7-8-20(23(24,25)26)30(19)14-13-28(22)3/h5-8,15,21,27,31H,4,9-14H2,1-3H3. The molecular weight excluding hydrogens is 469 g/mol. The van der Waals surface area contributed by atoms with E-state index in [0.29, 0.717) is 55.8 Å². The van der Waals surface area contributed by atoms with Gasteiger partial charge in [-0.2, -0.15) is 13.2 Å². The Morgan fingerprint density at radius 3 is 2.38 bits per heavy atom. The molecule has 2 aromatic rings. The van der Waals surface area contributed by atoms with Crippen molar-refractivity contribution in [1.82, 2.24) is 19.1 Å². The number of hydrogen-bond donors (Lipinski definition) is 2. The molecule has 1 atom stereocenters. The van der Waals surface area contributed by atoms with Gasteiger partial charge in [-0.05, 0) is 56.1 Å². The Morgan fingerprint density at radius 2 is 1.79 bits per heavy atom. The third kappa shape index (κ3) is 4.28. The average Bonchev–Trinajstić information content (AvgIpc) is 3.22. The van der Waals surface area contributed by atoms with Crippen LogP contribution in [0.1, 0.15) is 48.5 Å². The Labute approximate surface area is 198 Å². The Kier molecular flexibility index (Phi) is 6.62. The molecule has 188 valence electrons. The molecule has 2 aliphatic heterocycles. The van der Waals surface area contributed by atoms with E-state index in [9.17, 15) is 26.7 Å². The lowest BCUT2D eigenvalue weighted by molar-refractivity contribution is -0.145. The summed E-state index contributed by atoms with van der Waals surface area (Å²) in [5.41, 5.74) is 0.675. The first-order valence-corrected chi connectivity index (χ1v) is 12.9. The molecule has 0 radical (unpaired) electrons. The number of likely N-dealkylation sites (tertiary alicyclic amines) is 1. The summed E-state index contributed by atoms with van der Waals surface area (Å²) >= 11 is 0. The lowest BCUT2D eigenvalue weighted by Gasteiger charge is -2.51. The van der Waals surface area contributed by atoms with Gasteiger partial charge in [-0.1, -0.05) is 19.1 Å². The fraction of sp³-hybridized carbons (Fsp3) is 0.565. The molecule has 2 N–H and O–H groups in total. The quantitative estimate of drug-likeness (QED) is 0.660. The summed E-state index contributed by atoms with van der Waals surface area (Å²) in [7, 11) is -1.66. The average molecular weight is 501 g/mol. The minimum atomic E-state index is -4.39. The zero-order valence-electron chi connectivity index (χ0n) is 19.6. The molecule has 1 spiro atoms. The fourth-order valence-corrected chi connectivity index (χ4v) is 6.68. The first-order valence-electron chi connectivity index (χ1n) is 11.4. The molecular formula is C23H31F3N4O3S. The van der Waals surface area contributed by atoms with Crippen LogP contribution in [0.15, 0.2) is 35.2 Å². The van der Waals surface area contributed by atoms with Crippen molar-refractivity contribution in [3.8, 4) is 0 Å². The summed E-state index contributed by atoms with van der Waals surface area (Å²) in [6.07, 6.45) is -4.17. The van der Waals surface area contributed by atoms with Crippen molar-refractivity contribution in [3.63, 3.8) is 0 Å². The van der Waals surface area contributed by atoms with Crippen LogP contribution in [0.4, 0.5) is 13.2 Å². The van der Waals surface area contributed by atoms with E-state index < -0.39 is 33.7 Å². The molecule has 3 heterocycles. The number of benzene rings is 1. The van der Waals surface area contributed by atoms with Gasteiger partial charge in [0.1, 0.15) is 11.9 Å². The number of alkyl halides is 3. The highest BCUT2D eigenvalue weighted by Crippen LogP contribution is 2.44. The van der Waals surface area contributed by atoms with Crippen LogP contribution in [-0.2, 0) is 28.3 Å². The largest absolute Gasteiger partial charge is 0.431 e. The summed E-state index contributed by atoms with van der Waals surface area (Å²) in [5, 5.41) is 11.0. The Morgan fingerprint density at radius 1 is 1.12 bits per heavy atom. The number of nitrogens with zero attached hydrogens (tertiary/aromatic N) is 3. The number of hydrogen-bond acceptors (Lipinski definition) is 5. The number of fused-ring (bicyclic) bond motifs is 2. The smallest absolute Gasteiger partial charge is 0.374 e. The van der Waals surface area contributed by atoms with E-state index in [1.54, 1.807) is 32.0 Å². The molecule has 1 aromatic carbocycles. The van der Waals surface area contributed by atoms with Gasteiger partial charge in [0, 0.05) is 38.4 Å². The molecule has 4 rings (SSSR count). The number of aromatic nitrogens is 1. The van der Waals surface area contributed by atoms with Crippen LogP contribution in [0.25, 0.3) is 0 Å². The van der Waals surface area contributed by atoms with Crippen molar-refractivity contribution in [1.29, 1.82) is 0 Å². The molecule has 0 aliphatic carbocycles. The van der Waals surface area contributed by atoms with Crippen LogP contribution in [-0.4, -0.2) is 61.1 Å². The van der Waals surface area contributed by atoms with E-state index in [0.717, 1.165) is 0 Å². The van der Waals surface area contributed by atoms with Crippen molar-refractivity contribution >= 4 is 10.0 Å². The van der Waals surface area contributed by atoms with Gasteiger partial charge in [0.2, 0.25) is 10.0 Å². The van der Waals surface area contributed by atoms with Gasteiger partial charge in [0.15, 0.2) is 0 Å². The van der Waals surface area contributed by atoms with Gasteiger partial charge in [-0.15, -0.1) is 0 Å². The number of rotatable bonds is 5. The number of piperidine rings is 1. The fourth-order valence-electron chi connectivity index (χ4n) is 5.41. The summed E-state index contributed by atoms with van der Waals surface area (Å²) in [5.74, 6) is 0. The lowest BCUT2D eigenvalue weighted by Crippen LogP contribution is -2.56. The topological polar surface area (TPSA) is 77.8 Å². The van der Waals surface area contributed by atoms with Crippen LogP contribution in [0, 0.1) is 6.92 Å². The molecule has 1 aromatic heterocycles. The van der Waals surface area contributed by atoms with E-state index in [1.807, 2.05) is 11.9 Å². The van der Waals surface area contributed by atoms with Crippen molar-refractivity contribution in [3.05, 3.63) is 52.8 Å². The van der Waals surface area contributed by atoms with Crippen molar-refractivity contribution in [2.24, 2.45) is 0 Å². The van der Waals surface area contributed by atoms with E-state index >= 15 is 0 Å². The minimum Gasteiger partial charge on any atom is -0.374 e. The van der Waals surface area contributed by atoms with Crippen LogP contribution in [0.3, 0.4) is 0 Å². The third-order valence-electron chi connectivity index (χ3n) is 7.23. The van der Waals surface area contributed by atoms with Crippen LogP contribution in [0.5, 0.6) is 0 Å². The molecule has 11 heteroatoms. The molecule has 1 fully saturated rings. The predicted octanol–water partition coefficient (Wildman–Crippen LogP) is 3.04. The zero-order chi connectivity index (χ0) is 24.9. The second-order valence-corrected chi connectivity index (χ2v) is 10.9. The minimum absolute atomic E-state index is 0.174. The Bertz CT molecular complexity index is 1150. The highest BCUT2D eigenvalue weighted by Gasteiger charge is 2.47. The summed E-state index contributed by atoms with van der Waals surface area (Å²) in [6, 6.07) is 7.55. The van der Waals surface area contributed by atoms with E-state index in [-0.39, 0.29) is 11.4 Å². The van der Waals surface area contributed by atoms with Gasteiger partial charge in [0.25, 0.3) is 0 Å². The predicted molar refractivity (Wildman–Crippen MR) is 122 cm³/mol. The number of halogens is 3. The van der Waals surface area contributed by atoms with Gasteiger partial charge < -0.3 is 9.67 Å². The first kappa shape index (κ1) is 25.2. The molecule has 2 aliphatic rings. The second-order valence-electron chi connectivity index (χ2n) is 9.14. The molecule has 0 bridgehead atoms. The van der Waals surface area contributed by atoms with Crippen LogP contribution in [0.2, 0.25) is 0 Å². The van der Waals surface area contributed by atoms with Crippen molar-refractivity contribution in [2.45, 2.75) is 56.1 Å². The Hall–Kier alpha value is -1.92. The number of likely N-dealkylation sites (N-methyl/N-ethyl adjacent to an activating group) is 1. The lowest BCUT2D eigenvalue weighted by atomic mass is 9.81. The summed E-state index contributed by atoms with van der Waals surface area (Å²) < 4.78 is 69.0. The van der Waals surface area contributed by atoms with Gasteiger partial charge >= 0.3 is 6.18 Å². The Balaban J connectivity index is 1.54. The number of nitrogens with one attached hydrogen (secondary N) is 1. The number of aliphatic hydroxyl groups excluding tert-OH is 1. The maximum atomic E-state index is 13.5. The van der Waals surface area contributed by atoms with E-state index in [1.165, 1.54) is 16.7 Å². The second kappa shape index (κ2) is 8.94. The summed E-state index contributed by atoms with van der Waals surface area (Å²) in [6.45, 7) is 5.48. The number of sulfonamides is 1. The summed E-state index contributed by atoms with van der Waals surface area (Å²) in [4.78, 5) is 4.20. The first-order chi connectivity index (χ1) is 15.9. The van der Waals surface area contributed by atoms with Gasteiger partial charge in [-0.25, -0.2) is 13.1 Å². The number of aliphatic hydroxyl groups is 1. The van der Waals surface area contributed by atoms with Crippen molar-refractivity contribution in [2.75, 3.05) is 33.2 Å². The molecule has 34 heavy (non-hydrogen) atoms. The molecule has 1 saturated heterocycles. The SMILES string of the molecule is CCNS(=O)(=O)c1ccc(C(O)N2CCC3(CC2)c2ccc(C(F)(F)F)n2CCN3C)cc1C. The van der Waals surface area contributed by atoms with Gasteiger partial charge in [0.05, 0.1) is 10.4 Å². The zero-order valence-corrected chi connectivity index (χ0v) is 20.4. The van der Waals surface area contributed by atoms with Crippen molar-refractivity contribution < 1.29 is 26.7 Å². The van der Waals surface area contributed by atoms with Crippen LogP contribution < -0.4 is 4.72 Å². The van der Waals surface area contributed by atoms with Gasteiger partial charge in [-0.3, -0.25) is 9.80 Å². The van der Waals surface area contributed by atoms with Crippen LogP contribution >= 0.6 is 0 Å². The third-order valence-corrected chi connectivity index (χ3v) is 8.94. The molecule has 1 unspecified atom stereocenters. The highest BCUT2D eigenvalue weighted by molar-refractivity contribution is 7.89. The maximum Gasteiger partial charge on any atom is 0.431 e. The van der Waals surface area contributed by atoms with E-state index in [4.69, 9.17) is 0 Å². The molecule has 0 amide bonds. The highest BCUT2D eigenvalue weighted by atomic mass is 32.2. The normalized spacial score (nSPS) is 20.4. The maximum absolute atomic E-state index is 13.5. The molecule has 7 nitrogen and oxygen atoms in total. The molecule has 0 saturated carbocycles. The monoisotopic (exact) mass is 500 g/mol. The number of aryl methyl sites for hydroxylation is 1.